The lowest BCUT2D eigenvalue weighted by atomic mass is 9.97. The Balaban J connectivity index is 2.21. The molecule has 2 atom stereocenters. The first-order chi connectivity index (χ1) is 8.61. The van der Waals surface area contributed by atoms with Crippen LogP contribution in [0.15, 0.2) is 28.7 Å². The summed E-state index contributed by atoms with van der Waals surface area (Å²) in [5, 5.41) is 3.66. The van der Waals surface area contributed by atoms with Gasteiger partial charge in [0.2, 0.25) is 0 Å². The van der Waals surface area contributed by atoms with E-state index in [0.29, 0.717) is 18.0 Å². The van der Waals surface area contributed by atoms with Crippen molar-refractivity contribution in [2.45, 2.75) is 39.3 Å². The number of hydrogen-bond acceptors (Lipinski definition) is 2. The molecular formula is C15H23BrN2. The first kappa shape index (κ1) is 13.9. The van der Waals surface area contributed by atoms with Crippen molar-refractivity contribution in [1.29, 1.82) is 0 Å². The second-order valence-corrected chi connectivity index (χ2v) is 6.37. The molecule has 1 aromatic carbocycles. The summed E-state index contributed by atoms with van der Waals surface area (Å²) in [6.45, 7) is 9.08. The number of anilines is 1. The van der Waals surface area contributed by atoms with Crippen molar-refractivity contribution in [3.8, 4) is 0 Å². The summed E-state index contributed by atoms with van der Waals surface area (Å²) in [5.41, 5.74) is 1.34. The number of rotatable bonds is 3. The Labute approximate surface area is 119 Å². The molecular weight excluding hydrogens is 288 g/mol. The highest BCUT2D eigenvalue weighted by Gasteiger charge is 2.29. The molecule has 0 spiro atoms. The molecule has 3 heteroatoms. The zero-order valence-electron chi connectivity index (χ0n) is 11.5. The van der Waals surface area contributed by atoms with Crippen LogP contribution < -0.4 is 10.2 Å². The molecule has 2 nitrogen and oxygen atoms in total. The van der Waals surface area contributed by atoms with Gasteiger partial charge in [0.25, 0.3) is 0 Å². The molecule has 2 unspecified atom stereocenters. The minimum absolute atomic E-state index is 0.592. The van der Waals surface area contributed by atoms with Crippen molar-refractivity contribution in [2.24, 2.45) is 5.92 Å². The number of nitrogens with zero attached hydrogens (tertiary/aromatic N) is 1. The maximum Gasteiger partial charge on any atom is 0.0438 e. The molecule has 0 saturated carbocycles. The van der Waals surface area contributed by atoms with Gasteiger partial charge in [-0.25, -0.2) is 0 Å². The summed E-state index contributed by atoms with van der Waals surface area (Å²) >= 11 is 3.51. The molecule has 1 aliphatic rings. The number of halogens is 1. The molecule has 18 heavy (non-hydrogen) atoms. The molecule has 1 fully saturated rings. The van der Waals surface area contributed by atoms with Gasteiger partial charge in [0.15, 0.2) is 0 Å². The van der Waals surface area contributed by atoms with Crippen molar-refractivity contribution in [2.75, 3.05) is 18.0 Å². The maximum atomic E-state index is 3.66. The molecule has 1 N–H and O–H groups in total. The molecule has 2 rings (SSSR count). The predicted molar refractivity (Wildman–Crippen MR) is 82.2 cm³/mol. The smallest absolute Gasteiger partial charge is 0.0438 e. The summed E-state index contributed by atoms with van der Waals surface area (Å²) in [4.78, 5) is 2.57. The van der Waals surface area contributed by atoms with Gasteiger partial charge >= 0.3 is 0 Å². The number of nitrogens with one attached hydrogen (secondary N) is 1. The predicted octanol–water partition coefficient (Wildman–Crippen LogP) is 3.66. The quantitative estimate of drug-likeness (QED) is 0.916. The van der Waals surface area contributed by atoms with Gasteiger partial charge in [0.05, 0.1) is 0 Å². The van der Waals surface area contributed by atoms with E-state index in [1.807, 2.05) is 0 Å². The Kier molecular flexibility index (Phi) is 4.68. The Morgan fingerprint density at radius 3 is 2.56 bits per heavy atom. The fraction of sp³-hybridized carbons (Fsp3) is 0.600. The van der Waals surface area contributed by atoms with E-state index < -0.39 is 0 Å². The summed E-state index contributed by atoms with van der Waals surface area (Å²) in [5.74, 6) is 0.666. The van der Waals surface area contributed by atoms with Gasteiger partial charge in [-0.2, -0.15) is 0 Å². The van der Waals surface area contributed by atoms with E-state index in [0.717, 1.165) is 17.6 Å². The largest absolute Gasteiger partial charge is 0.365 e. The van der Waals surface area contributed by atoms with Crippen LogP contribution in [-0.2, 0) is 0 Å². The third-order valence-electron chi connectivity index (χ3n) is 3.85. The van der Waals surface area contributed by atoms with E-state index in [4.69, 9.17) is 0 Å². The normalized spacial score (nSPS) is 24.6. The summed E-state index contributed by atoms with van der Waals surface area (Å²) in [6.07, 6.45) is 1.19. The van der Waals surface area contributed by atoms with Crippen molar-refractivity contribution in [1.82, 2.24) is 5.32 Å². The molecule has 1 aliphatic heterocycles. The topological polar surface area (TPSA) is 15.3 Å². The van der Waals surface area contributed by atoms with Crippen LogP contribution in [0, 0.1) is 5.92 Å². The molecule has 0 radical (unpaired) electrons. The van der Waals surface area contributed by atoms with Gasteiger partial charge in [0.1, 0.15) is 0 Å². The number of piperazine rings is 1. The molecule has 0 aromatic heterocycles. The van der Waals surface area contributed by atoms with Crippen LogP contribution in [0.2, 0.25) is 0 Å². The molecule has 1 heterocycles. The minimum atomic E-state index is 0.592. The standard InChI is InChI=1S/C15H23BrN2/c1-4-13-10-18(15(9-17-13)11(2)3)14-7-5-12(16)6-8-14/h5-8,11,13,15,17H,4,9-10H2,1-3H3. The van der Waals surface area contributed by atoms with Crippen LogP contribution in [0.3, 0.4) is 0 Å². The van der Waals surface area contributed by atoms with Crippen molar-refractivity contribution < 1.29 is 0 Å². The van der Waals surface area contributed by atoms with E-state index in [1.54, 1.807) is 0 Å². The molecule has 0 amide bonds. The maximum absolute atomic E-state index is 3.66. The second-order valence-electron chi connectivity index (χ2n) is 5.45. The number of hydrogen-bond donors (Lipinski definition) is 1. The van der Waals surface area contributed by atoms with Gasteiger partial charge in [-0.15, -0.1) is 0 Å². The van der Waals surface area contributed by atoms with Gasteiger partial charge in [-0.3, -0.25) is 0 Å². The average molecular weight is 311 g/mol. The monoisotopic (exact) mass is 310 g/mol. The molecule has 100 valence electrons. The zero-order chi connectivity index (χ0) is 13.1. The van der Waals surface area contributed by atoms with Crippen molar-refractivity contribution in [3.63, 3.8) is 0 Å². The minimum Gasteiger partial charge on any atom is -0.365 e. The zero-order valence-corrected chi connectivity index (χ0v) is 13.1. The molecule has 1 aromatic rings. The number of benzene rings is 1. The van der Waals surface area contributed by atoms with Crippen LogP contribution in [-0.4, -0.2) is 25.2 Å². The third kappa shape index (κ3) is 3.07. The van der Waals surface area contributed by atoms with Crippen molar-refractivity contribution >= 4 is 21.6 Å². The van der Waals surface area contributed by atoms with Crippen LogP contribution in [0.25, 0.3) is 0 Å². The molecule has 0 bridgehead atoms. The van der Waals surface area contributed by atoms with E-state index >= 15 is 0 Å². The van der Waals surface area contributed by atoms with Crippen molar-refractivity contribution in [3.05, 3.63) is 28.7 Å². The second kappa shape index (κ2) is 6.07. The van der Waals surface area contributed by atoms with E-state index in [9.17, 15) is 0 Å². The van der Waals surface area contributed by atoms with Crippen LogP contribution in [0.1, 0.15) is 27.2 Å². The van der Waals surface area contributed by atoms with Gasteiger partial charge in [0, 0.05) is 35.3 Å². The summed E-state index contributed by atoms with van der Waals surface area (Å²) in [7, 11) is 0. The lowest BCUT2D eigenvalue weighted by Crippen LogP contribution is -2.58. The highest BCUT2D eigenvalue weighted by Crippen LogP contribution is 2.25. The third-order valence-corrected chi connectivity index (χ3v) is 4.38. The molecule has 1 saturated heterocycles. The fourth-order valence-corrected chi connectivity index (χ4v) is 2.90. The van der Waals surface area contributed by atoms with Crippen LogP contribution in [0.4, 0.5) is 5.69 Å². The van der Waals surface area contributed by atoms with Gasteiger partial charge < -0.3 is 10.2 Å². The van der Waals surface area contributed by atoms with Gasteiger partial charge in [-0.1, -0.05) is 36.7 Å². The Bertz CT molecular complexity index is 375. The van der Waals surface area contributed by atoms with E-state index in [1.165, 1.54) is 12.1 Å². The van der Waals surface area contributed by atoms with Gasteiger partial charge in [-0.05, 0) is 36.6 Å². The Morgan fingerprint density at radius 2 is 2.00 bits per heavy atom. The van der Waals surface area contributed by atoms with E-state index in [2.05, 4.69) is 71.2 Å². The lowest BCUT2D eigenvalue weighted by molar-refractivity contribution is 0.333. The van der Waals surface area contributed by atoms with E-state index in [-0.39, 0.29) is 0 Å². The van der Waals surface area contributed by atoms with Crippen LogP contribution >= 0.6 is 15.9 Å². The average Bonchev–Trinajstić information content (AvgIpc) is 2.38. The first-order valence-corrected chi connectivity index (χ1v) is 7.66. The summed E-state index contributed by atoms with van der Waals surface area (Å²) < 4.78 is 1.15. The SMILES string of the molecule is CCC1CN(c2ccc(Br)cc2)C(C(C)C)CN1. The highest BCUT2D eigenvalue weighted by molar-refractivity contribution is 9.10. The van der Waals surface area contributed by atoms with Crippen LogP contribution in [0.5, 0.6) is 0 Å². The highest BCUT2D eigenvalue weighted by atomic mass is 79.9. The molecule has 0 aliphatic carbocycles. The summed E-state index contributed by atoms with van der Waals surface area (Å²) in [6, 6.07) is 9.91. The first-order valence-electron chi connectivity index (χ1n) is 6.87. The fourth-order valence-electron chi connectivity index (χ4n) is 2.63. The lowest BCUT2D eigenvalue weighted by Gasteiger charge is -2.43. The Morgan fingerprint density at radius 1 is 1.33 bits per heavy atom. The Hall–Kier alpha value is -0.540.